The van der Waals surface area contributed by atoms with Crippen molar-refractivity contribution in [1.82, 2.24) is 5.32 Å². The maximum Gasteiger partial charge on any atom is -0.000823 e. The molecule has 0 saturated heterocycles. The molecule has 0 heterocycles. The minimum Gasteiger partial charge on any atom is -0.316 e. The van der Waals surface area contributed by atoms with Crippen LogP contribution in [0.1, 0.15) is 36.8 Å². The van der Waals surface area contributed by atoms with E-state index in [0.717, 1.165) is 18.9 Å². The first kappa shape index (κ1) is 11.7. The van der Waals surface area contributed by atoms with Crippen LogP contribution in [-0.4, -0.2) is 13.1 Å². The quantitative estimate of drug-likeness (QED) is 0.746. The standard InChI is InChI=1S/C15H23N/c1-13-5-4-8-14(11-13)9-10-16-12-15-6-2-3-7-15/h4-5,8,11,15-16H,2-3,6-7,9-10,12H2,1H3. The van der Waals surface area contributed by atoms with Gasteiger partial charge in [-0.2, -0.15) is 0 Å². The van der Waals surface area contributed by atoms with Crippen molar-refractivity contribution in [2.24, 2.45) is 5.92 Å². The van der Waals surface area contributed by atoms with Crippen molar-refractivity contribution in [3.63, 3.8) is 0 Å². The Hall–Kier alpha value is -0.820. The molecule has 0 bridgehead atoms. The molecular formula is C15H23N. The predicted octanol–water partition coefficient (Wildman–Crippen LogP) is 3.32. The summed E-state index contributed by atoms with van der Waals surface area (Å²) in [6.45, 7) is 4.52. The second-order valence-corrected chi connectivity index (χ2v) is 5.09. The lowest BCUT2D eigenvalue weighted by atomic mass is 10.1. The molecule has 1 heteroatoms. The number of benzene rings is 1. The van der Waals surface area contributed by atoms with Crippen LogP contribution in [0.25, 0.3) is 0 Å². The average molecular weight is 217 g/mol. The molecular weight excluding hydrogens is 194 g/mol. The van der Waals surface area contributed by atoms with E-state index >= 15 is 0 Å². The molecule has 1 aromatic carbocycles. The first-order chi connectivity index (χ1) is 7.84. The van der Waals surface area contributed by atoms with E-state index in [0.29, 0.717) is 0 Å². The third kappa shape index (κ3) is 3.64. The van der Waals surface area contributed by atoms with E-state index in [1.807, 2.05) is 0 Å². The van der Waals surface area contributed by atoms with Crippen molar-refractivity contribution in [3.05, 3.63) is 35.4 Å². The molecule has 88 valence electrons. The number of hydrogen-bond donors (Lipinski definition) is 1. The van der Waals surface area contributed by atoms with E-state index in [1.165, 1.54) is 43.4 Å². The zero-order valence-electron chi connectivity index (χ0n) is 10.3. The van der Waals surface area contributed by atoms with Gasteiger partial charge in [0.1, 0.15) is 0 Å². The van der Waals surface area contributed by atoms with Crippen LogP contribution in [0.3, 0.4) is 0 Å². The van der Waals surface area contributed by atoms with Crippen LogP contribution in [0.5, 0.6) is 0 Å². The second-order valence-electron chi connectivity index (χ2n) is 5.09. The van der Waals surface area contributed by atoms with Gasteiger partial charge in [-0.05, 0) is 50.8 Å². The molecule has 0 amide bonds. The Labute approximate surface area is 99.3 Å². The molecule has 0 aromatic heterocycles. The molecule has 1 nitrogen and oxygen atoms in total. The topological polar surface area (TPSA) is 12.0 Å². The number of rotatable bonds is 5. The Bertz CT molecular complexity index is 313. The Kier molecular flexibility index (Phi) is 4.41. The third-order valence-corrected chi connectivity index (χ3v) is 3.58. The summed E-state index contributed by atoms with van der Waals surface area (Å²) in [5.74, 6) is 0.956. The molecule has 0 radical (unpaired) electrons. The fourth-order valence-corrected chi connectivity index (χ4v) is 2.62. The Balaban J connectivity index is 1.64. The SMILES string of the molecule is Cc1cccc(CCNCC2CCCC2)c1. The highest BCUT2D eigenvalue weighted by Gasteiger charge is 2.13. The van der Waals surface area contributed by atoms with E-state index < -0.39 is 0 Å². The molecule has 1 aliphatic rings. The first-order valence-corrected chi connectivity index (χ1v) is 6.61. The van der Waals surface area contributed by atoms with Gasteiger partial charge in [-0.25, -0.2) is 0 Å². The minimum atomic E-state index is 0.956. The van der Waals surface area contributed by atoms with Crippen molar-refractivity contribution in [2.75, 3.05) is 13.1 Å². The highest BCUT2D eigenvalue weighted by molar-refractivity contribution is 5.22. The van der Waals surface area contributed by atoms with Crippen molar-refractivity contribution >= 4 is 0 Å². The van der Waals surface area contributed by atoms with Gasteiger partial charge >= 0.3 is 0 Å². The summed E-state index contributed by atoms with van der Waals surface area (Å²) in [5.41, 5.74) is 2.83. The fraction of sp³-hybridized carbons (Fsp3) is 0.600. The van der Waals surface area contributed by atoms with Crippen LogP contribution in [-0.2, 0) is 6.42 Å². The molecule has 0 spiro atoms. The average Bonchev–Trinajstić information content (AvgIpc) is 2.77. The van der Waals surface area contributed by atoms with Gasteiger partial charge in [0.15, 0.2) is 0 Å². The second kappa shape index (κ2) is 6.05. The number of aryl methyl sites for hydroxylation is 1. The van der Waals surface area contributed by atoms with Crippen molar-refractivity contribution in [2.45, 2.75) is 39.0 Å². The summed E-state index contributed by atoms with van der Waals surface area (Å²) >= 11 is 0. The number of hydrogen-bond acceptors (Lipinski definition) is 1. The molecule has 1 N–H and O–H groups in total. The molecule has 1 fully saturated rings. The van der Waals surface area contributed by atoms with Gasteiger partial charge in [-0.1, -0.05) is 42.7 Å². The van der Waals surface area contributed by atoms with Crippen molar-refractivity contribution < 1.29 is 0 Å². The summed E-state index contributed by atoms with van der Waals surface area (Å²) in [4.78, 5) is 0. The van der Waals surface area contributed by atoms with Crippen LogP contribution >= 0.6 is 0 Å². The summed E-state index contributed by atoms with van der Waals surface area (Å²) in [5, 5.41) is 3.60. The largest absolute Gasteiger partial charge is 0.316 e. The van der Waals surface area contributed by atoms with Crippen molar-refractivity contribution in [3.8, 4) is 0 Å². The molecule has 0 unspecified atom stereocenters. The minimum absolute atomic E-state index is 0.956. The third-order valence-electron chi connectivity index (χ3n) is 3.58. The highest BCUT2D eigenvalue weighted by atomic mass is 14.9. The van der Waals surface area contributed by atoms with E-state index in [4.69, 9.17) is 0 Å². The summed E-state index contributed by atoms with van der Waals surface area (Å²) in [7, 11) is 0. The summed E-state index contributed by atoms with van der Waals surface area (Å²) < 4.78 is 0. The normalized spacial score (nSPS) is 16.8. The van der Waals surface area contributed by atoms with Crippen LogP contribution in [0, 0.1) is 12.8 Å². The molecule has 1 aliphatic carbocycles. The van der Waals surface area contributed by atoms with Crippen LogP contribution in [0.15, 0.2) is 24.3 Å². The highest BCUT2D eigenvalue weighted by Crippen LogP contribution is 2.23. The van der Waals surface area contributed by atoms with Crippen LogP contribution in [0.2, 0.25) is 0 Å². The van der Waals surface area contributed by atoms with Crippen molar-refractivity contribution in [1.29, 1.82) is 0 Å². The first-order valence-electron chi connectivity index (χ1n) is 6.61. The molecule has 2 rings (SSSR count). The van der Waals surface area contributed by atoms with Gasteiger partial charge in [-0.3, -0.25) is 0 Å². The fourth-order valence-electron chi connectivity index (χ4n) is 2.62. The smallest absolute Gasteiger partial charge is 0.000823 e. The zero-order chi connectivity index (χ0) is 11.2. The molecule has 1 aromatic rings. The summed E-state index contributed by atoms with van der Waals surface area (Å²) in [6, 6.07) is 8.83. The van der Waals surface area contributed by atoms with E-state index in [1.54, 1.807) is 0 Å². The van der Waals surface area contributed by atoms with E-state index in [-0.39, 0.29) is 0 Å². The van der Waals surface area contributed by atoms with Crippen LogP contribution in [0.4, 0.5) is 0 Å². The number of nitrogens with one attached hydrogen (secondary N) is 1. The summed E-state index contributed by atoms with van der Waals surface area (Å²) in [6.07, 6.45) is 6.94. The molecule has 0 aliphatic heterocycles. The maximum atomic E-state index is 3.60. The lowest BCUT2D eigenvalue weighted by Gasteiger charge is -2.10. The van der Waals surface area contributed by atoms with Gasteiger partial charge in [0, 0.05) is 0 Å². The van der Waals surface area contributed by atoms with E-state index in [9.17, 15) is 0 Å². The van der Waals surface area contributed by atoms with Gasteiger partial charge in [0.05, 0.1) is 0 Å². The molecule has 0 atom stereocenters. The predicted molar refractivity (Wildman–Crippen MR) is 69.7 cm³/mol. The zero-order valence-corrected chi connectivity index (χ0v) is 10.3. The Morgan fingerprint density at radius 3 is 2.81 bits per heavy atom. The van der Waals surface area contributed by atoms with Crippen LogP contribution < -0.4 is 5.32 Å². The Morgan fingerprint density at radius 2 is 2.06 bits per heavy atom. The van der Waals surface area contributed by atoms with E-state index in [2.05, 4.69) is 36.5 Å². The van der Waals surface area contributed by atoms with Gasteiger partial charge in [0.2, 0.25) is 0 Å². The van der Waals surface area contributed by atoms with Gasteiger partial charge in [-0.15, -0.1) is 0 Å². The van der Waals surface area contributed by atoms with Gasteiger partial charge in [0.25, 0.3) is 0 Å². The maximum absolute atomic E-state index is 3.60. The van der Waals surface area contributed by atoms with Gasteiger partial charge < -0.3 is 5.32 Å². The molecule has 16 heavy (non-hydrogen) atoms. The monoisotopic (exact) mass is 217 g/mol. The molecule has 1 saturated carbocycles. The Morgan fingerprint density at radius 1 is 1.25 bits per heavy atom. The lowest BCUT2D eigenvalue weighted by molar-refractivity contribution is 0.492. The lowest BCUT2D eigenvalue weighted by Crippen LogP contribution is -2.23.